The van der Waals surface area contributed by atoms with E-state index in [2.05, 4.69) is 10.3 Å². The third-order valence-electron chi connectivity index (χ3n) is 4.22. The number of hydrogen-bond acceptors (Lipinski definition) is 4. The fraction of sp³-hybridized carbons (Fsp3) is 0.412. The first-order chi connectivity index (χ1) is 11.2. The van der Waals surface area contributed by atoms with Crippen molar-refractivity contribution in [2.24, 2.45) is 5.92 Å². The normalized spacial score (nSPS) is 15.2. The molecule has 1 aromatic carbocycles. The molecule has 2 aromatic rings. The van der Waals surface area contributed by atoms with Crippen LogP contribution < -0.4 is 5.32 Å². The average molecular weight is 386 g/mol. The molecule has 1 aromatic heterocycles. The Bertz CT molecular complexity index is 684. The van der Waals surface area contributed by atoms with E-state index in [0.717, 1.165) is 43.0 Å². The lowest BCUT2D eigenvalue weighted by atomic mass is 9.97. The second kappa shape index (κ2) is 8.81. The van der Waals surface area contributed by atoms with Gasteiger partial charge < -0.3 is 10.2 Å². The molecule has 0 saturated carbocycles. The first kappa shape index (κ1) is 19.2. The summed E-state index contributed by atoms with van der Waals surface area (Å²) in [5.74, 6) is 0.695. The van der Waals surface area contributed by atoms with Gasteiger partial charge in [-0.15, -0.1) is 23.7 Å². The zero-order valence-electron chi connectivity index (χ0n) is 13.5. The maximum atomic E-state index is 12.6. The van der Waals surface area contributed by atoms with Gasteiger partial charge in [0.2, 0.25) is 0 Å². The highest BCUT2D eigenvalue weighted by Gasteiger charge is 2.25. The van der Waals surface area contributed by atoms with Gasteiger partial charge in [0, 0.05) is 24.0 Å². The van der Waals surface area contributed by atoms with Crippen LogP contribution in [0.25, 0.3) is 10.6 Å². The monoisotopic (exact) mass is 385 g/mol. The standard InChI is InChI=1S/C17H20ClN3OS.ClH/c1-19-10-12-6-8-21(9-7-12)17(22)15-11-23-16(20-15)13-4-2-3-5-14(13)18;/h2-5,11-12,19H,6-10H2,1H3;1H. The number of carbonyl (C=O) groups is 1. The van der Waals surface area contributed by atoms with E-state index in [4.69, 9.17) is 11.6 Å². The van der Waals surface area contributed by atoms with Gasteiger partial charge in [0.15, 0.2) is 0 Å². The fourth-order valence-corrected chi connectivity index (χ4v) is 4.04. The van der Waals surface area contributed by atoms with Crippen LogP contribution in [0.2, 0.25) is 5.02 Å². The number of thiazole rings is 1. The van der Waals surface area contributed by atoms with Crippen molar-refractivity contribution in [1.29, 1.82) is 0 Å². The molecule has 0 unspecified atom stereocenters. The van der Waals surface area contributed by atoms with Crippen LogP contribution >= 0.6 is 35.3 Å². The predicted molar refractivity (Wildman–Crippen MR) is 102 cm³/mol. The molecular formula is C17H21Cl2N3OS. The summed E-state index contributed by atoms with van der Waals surface area (Å²) < 4.78 is 0. The van der Waals surface area contributed by atoms with E-state index in [1.165, 1.54) is 11.3 Å². The summed E-state index contributed by atoms with van der Waals surface area (Å²) in [5.41, 5.74) is 1.41. The van der Waals surface area contributed by atoms with Gasteiger partial charge >= 0.3 is 0 Å². The number of piperidine rings is 1. The maximum Gasteiger partial charge on any atom is 0.273 e. The highest BCUT2D eigenvalue weighted by Crippen LogP contribution is 2.30. The van der Waals surface area contributed by atoms with Crippen LogP contribution in [0.15, 0.2) is 29.6 Å². The zero-order valence-corrected chi connectivity index (χ0v) is 15.9. The molecule has 130 valence electrons. The van der Waals surface area contributed by atoms with Crippen molar-refractivity contribution < 1.29 is 4.79 Å². The molecule has 1 fully saturated rings. The molecule has 0 bridgehead atoms. The average Bonchev–Trinajstić information content (AvgIpc) is 3.05. The molecule has 3 rings (SSSR count). The number of nitrogens with one attached hydrogen (secondary N) is 1. The first-order valence-electron chi connectivity index (χ1n) is 7.83. The SMILES string of the molecule is CNCC1CCN(C(=O)c2csc(-c3ccccc3Cl)n2)CC1.Cl. The Kier molecular flexibility index (Phi) is 7.04. The molecule has 7 heteroatoms. The van der Waals surface area contributed by atoms with Crippen molar-refractivity contribution in [3.63, 3.8) is 0 Å². The first-order valence-corrected chi connectivity index (χ1v) is 9.09. The van der Waals surface area contributed by atoms with Crippen LogP contribution in [0.4, 0.5) is 0 Å². The van der Waals surface area contributed by atoms with Crippen LogP contribution in [-0.2, 0) is 0 Å². The van der Waals surface area contributed by atoms with E-state index in [-0.39, 0.29) is 18.3 Å². The van der Waals surface area contributed by atoms with Crippen molar-refractivity contribution in [1.82, 2.24) is 15.2 Å². The Balaban J connectivity index is 0.00000208. The molecule has 1 saturated heterocycles. The van der Waals surface area contributed by atoms with Crippen LogP contribution in [0.3, 0.4) is 0 Å². The van der Waals surface area contributed by atoms with E-state index in [0.29, 0.717) is 16.6 Å². The van der Waals surface area contributed by atoms with Gasteiger partial charge in [0.25, 0.3) is 5.91 Å². The van der Waals surface area contributed by atoms with Crippen molar-refractivity contribution >= 4 is 41.3 Å². The van der Waals surface area contributed by atoms with Gasteiger partial charge in [0.05, 0.1) is 5.02 Å². The number of likely N-dealkylation sites (tertiary alicyclic amines) is 1. The topological polar surface area (TPSA) is 45.2 Å². The van der Waals surface area contributed by atoms with E-state index >= 15 is 0 Å². The molecule has 0 radical (unpaired) electrons. The van der Waals surface area contributed by atoms with E-state index in [1.54, 1.807) is 0 Å². The highest BCUT2D eigenvalue weighted by atomic mass is 35.5. The van der Waals surface area contributed by atoms with Crippen LogP contribution in [0, 0.1) is 5.92 Å². The van der Waals surface area contributed by atoms with E-state index in [9.17, 15) is 4.79 Å². The molecule has 1 N–H and O–H groups in total. The molecule has 1 aliphatic heterocycles. The second-order valence-corrected chi connectivity index (χ2v) is 7.08. The van der Waals surface area contributed by atoms with Crippen LogP contribution in [0.1, 0.15) is 23.3 Å². The largest absolute Gasteiger partial charge is 0.337 e. The molecule has 0 atom stereocenters. The van der Waals surface area contributed by atoms with E-state index < -0.39 is 0 Å². The highest BCUT2D eigenvalue weighted by molar-refractivity contribution is 7.13. The smallest absolute Gasteiger partial charge is 0.273 e. The van der Waals surface area contributed by atoms with Crippen LogP contribution in [-0.4, -0.2) is 42.5 Å². The molecule has 1 aliphatic rings. The summed E-state index contributed by atoms with van der Waals surface area (Å²) >= 11 is 7.67. The molecule has 1 amide bonds. The Morgan fingerprint density at radius 3 is 2.75 bits per heavy atom. The van der Waals surface area contributed by atoms with Gasteiger partial charge in [-0.05, 0) is 38.4 Å². The second-order valence-electron chi connectivity index (χ2n) is 5.81. The van der Waals surface area contributed by atoms with Crippen molar-refractivity contribution in [2.75, 3.05) is 26.7 Å². The number of nitrogens with zero attached hydrogens (tertiary/aromatic N) is 2. The summed E-state index contributed by atoms with van der Waals surface area (Å²) in [7, 11) is 1.98. The minimum absolute atomic E-state index is 0. The van der Waals surface area contributed by atoms with Gasteiger partial charge in [-0.1, -0.05) is 29.8 Å². The summed E-state index contributed by atoms with van der Waals surface area (Å²) in [6.45, 7) is 2.64. The summed E-state index contributed by atoms with van der Waals surface area (Å²) in [6.07, 6.45) is 2.10. The molecular weight excluding hydrogens is 365 g/mol. The summed E-state index contributed by atoms with van der Waals surface area (Å²) in [6, 6.07) is 7.59. The number of hydrogen-bond donors (Lipinski definition) is 1. The van der Waals surface area contributed by atoms with Gasteiger partial charge in [-0.3, -0.25) is 4.79 Å². The fourth-order valence-electron chi connectivity index (χ4n) is 2.92. The minimum Gasteiger partial charge on any atom is -0.337 e. The summed E-state index contributed by atoms with van der Waals surface area (Å²) in [5, 5.41) is 6.50. The minimum atomic E-state index is 0. The maximum absolute atomic E-state index is 12.6. The Hall–Kier alpha value is -1.14. The third-order valence-corrected chi connectivity index (χ3v) is 5.43. The Morgan fingerprint density at radius 2 is 2.08 bits per heavy atom. The molecule has 4 nitrogen and oxygen atoms in total. The number of aromatic nitrogens is 1. The van der Waals surface area contributed by atoms with Crippen molar-refractivity contribution in [3.8, 4) is 10.6 Å². The number of benzene rings is 1. The lowest BCUT2D eigenvalue weighted by Crippen LogP contribution is -2.40. The number of halogens is 2. The zero-order chi connectivity index (χ0) is 16.2. The van der Waals surface area contributed by atoms with Crippen molar-refractivity contribution in [3.05, 3.63) is 40.4 Å². The Labute approximate surface area is 157 Å². The molecule has 0 aliphatic carbocycles. The van der Waals surface area contributed by atoms with Gasteiger partial charge in [0.1, 0.15) is 10.7 Å². The predicted octanol–water partition coefficient (Wildman–Crippen LogP) is 3.96. The lowest BCUT2D eigenvalue weighted by Gasteiger charge is -2.31. The number of amides is 1. The summed E-state index contributed by atoms with van der Waals surface area (Å²) in [4.78, 5) is 19.0. The van der Waals surface area contributed by atoms with Gasteiger partial charge in [-0.2, -0.15) is 0 Å². The number of rotatable bonds is 4. The third kappa shape index (κ3) is 4.28. The van der Waals surface area contributed by atoms with E-state index in [1.807, 2.05) is 41.6 Å². The molecule has 2 heterocycles. The number of carbonyl (C=O) groups excluding carboxylic acids is 1. The van der Waals surface area contributed by atoms with Crippen molar-refractivity contribution in [2.45, 2.75) is 12.8 Å². The Morgan fingerprint density at radius 1 is 1.38 bits per heavy atom. The lowest BCUT2D eigenvalue weighted by molar-refractivity contribution is 0.0686. The van der Waals surface area contributed by atoms with Crippen LogP contribution in [0.5, 0.6) is 0 Å². The molecule has 24 heavy (non-hydrogen) atoms. The quantitative estimate of drug-likeness (QED) is 0.865. The molecule has 0 spiro atoms. The van der Waals surface area contributed by atoms with Gasteiger partial charge in [-0.25, -0.2) is 4.98 Å².